The van der Waals surface area contributed by atoms with Crippen LogP contribution in [0.15, 0.2) is 24.3 Å². The highest BCUT2D eigenvalue weighted by Crippen LogP contribution is 2.31. The molecule has 2 aromatic rings. The maximum atomic E-state index is 8.89. The first kappa shape index (κ1) is 14.6. The van der Waals surface area contributed by atoms with Gasteiger partial charge in [-0.05, 0) is 18.6 Å². The number of nitriles is 1. The van der Waals surface area contributed by atoms with Gasteiger partial charge in [0.2, 0.25) is 5.88 Å². The monoisotopic (exact) mass is 284 g/mol. The number of nitrogen functional groups attached to an aromatic ring is 1. The number of rotatable bonds is 5. The van der Waals surface area contributed by atoms with Crippen LogP contribution in [-0.4, -0.2) is 17.1 Å². The van der Waals surface area contributed by atoms with Crippen molar-refractivity contribution in [2.75, 3.05) is 12.8 Å². The van der Waals surface area contributed by atoms with Gasteiger partial charge >= 0.3 is 0 Å². The number of methoxy groups -OCH3 is 1. The van der Waals surface area contributed by atoms with Gasteiger partial charge in [-0.25, -0.2) is 4.98 Å². The Labute approximate surface area is 123 Å². The van der Waals surface area contributed by atoms with E-state index in [1.54, 1.807) is 24.3 Å². The minimum atomic E-state index is 0.356. The number of aromatic nitrogens is 2. The van der Waals surface area contributed by atoms with Gasteiger partial charge in [0.15, 0.2) is 11.5 Å². The summed E-state index contributed by atoms with van der Waals surface area (Å²) in [6.45, 7) is 2.04. The summed E-state index contributed by atoms with van der Waals surface area (Å²) < 4.78 is 10.9. The third-order valence-corrected chi connectivity index (χ3v) is 2.75. The highest BCUT2D eigenvalue weighted by atomic mass is 16.5. The molecule has 0 fully saturated rings. The summed E-state index contributed by atoms with van der Waals surface area (Å²) in [5, 5.41) is 8.89. The zero-order chi connectivity index (χ0) is 15.2. The van der Waals surface area contributed by atoms with E-state index in [-0.39, 0.29) is 0 Å². The Hall–Kier alpha value is -2.81. The average Bonchev–Trinajstić information content (AvgIpc) is 2.47. The molecule has 0 aliphatic carbocycles. The van der Waals surface area contributed by atoms with Gasteiger partial charge in [0.25, 0.3) is 0 Å². The lowest BCUT2D eigenvalue weighted by atomic mass is 10.2. The molecule has 0 saturated heterocycles. The van der Waals surface area contributed by atoms with E-state index >= 15 is 0 Å². The molecule has 0 aliphatic rings. The smallest absolute Gasteiger partial charge is 0.224 e. The zero-order valence-electron chi connectivity index (χ0n) is 12.0. The van der Waals surface area contributed by atoms with Crippen molar-refractivity contribution < 1.29 is 9.47 Å². The molecular weight excluding hydrogens is 268 g/mol. The van der Waals surface area contributed by atoms with Crippen molar-refractivity contribution in [3.8, 4) is 23.4 Å². The van der Waals surface area contributed by atoms with Gasteiger partial charge in [-0.3, -0.25) is 0 Å². The maximum Gasteiger partial charge on any atom is 0.224 e. The average molecular weight is 284 g/mol. The summed E-state index contributed by atoms with van der Waals surface area (Å²) in [7, 11) is 1.51. The second-order valence-corrected chi connectivity index (χ2v) is 4.38. The van der Waals surface area contributed by atoms with Crippen molar-refractivity contribution in [2.24, 2.45) is 0 Å². The summed E-state index contributed by atoms with van der Waals surface area (Å²) in [5.41, 5.74) is 6.25. The van der Waals surface area contributed by atoms with Crippen LogP contribution in [0.5, 0.6) is 17.4 Å². The first-order chi connectivity index (χ1) is 10.2. The summed E-state index contributed by atoms with van der Waals surface area (Å²) >= 11 is 0. The van der Waals surface area contributed by atoms with Crippen molar-refractivity contribution in [1.82, 2.24) is 9.97 Å². The van der Waals surface area contributed by atoms with Gasteiger partial charge in [-0.2, -0.15) is 10.2 Å². The molecule has 0 aliphatic heterocycles. The van der Waals surface area contributed by atoms with Crippen LogP contribution in [0.1, 0.15) is 24.7 Å². The molecule has 0 radical (unpaired) electrons. The molecule has 108 valence electrons. The lowest BCUT2D eigenvalue weighted by Crippen LogP contribution is -2.02. The fraction of sp³-hybridized carbons (Fsp3) is 0.267. The first-order valence-electron chi connectivity index (χ1n) is 6.55. The lowest BCUT2D eigenvalue weighted by Gasteiger charge is -2.10. The number of benzene rings is 1. The number of anilines is 1. The standard InChI is InChI=1S/C15H16N4O2/c1-3-4-14-18-13(17)8-15(19-14)21-11-6-5-10(9-16)7-12(11)20-2/h5-8H,3-4H2,1-2H3,(H2,17,18,19). The predicted molar refractivity (Wildman–Crippen MR) is 78.2 cm³/mol. The van der Waals surface area contributed by atoms with Crippen LogP contribution in [0.3, 0.4) is 0 Å². The molecular formula is C15H16N4O2. The largest absolute Gasteiger partial charge is 0.493 e. The van der Waals surface area contributed by atoms with Crippen molar-refractivity contribution in [3.05, 3.63) is 35.7 Å². The quantitative estimate of drug-likeness (QED) is 0.907. The van der Waals surface area contributed by atoms with Crippen LogP contribution < -0.4 is 15.2 Å². The highest BCUT2D eigenvalue weighted by Gasteiger charge is 2.10. The van der Waals surface area contributed by atoms with Gasteiger partial charge in [0.05, 0.1) is 18.7 Å². The fourth-order valence-corrected chi connectivity index (χ4v) is 1.81. The minimum Gasteiger partial charge on any atom is -0.493 e. The number of nitrogens with two attached hydrogens (primary N) is 1. The molecule has 0 bridgehead atoms. The Morgan fingerprint density at radius 3 is 2.71 bits per heavy atom. The Morgan fingerprint density at radius 2 is 2.05 bits per heavy atom. The third kappa shape index (κ3) is 3.60. The van der Waals surface area contributed by atoms with Crippen LogP contribution in [0.25, 0.3) is 0 Å². The van der Waals surface area contributed by atoms with E-state index in [2.05, 4.69) is 9.97 Å². The van der Waals surface area contributed by atoms with Crippen molar-refractivity contribution >= 4 is 5.82 Å². The minimum absolute atomic E-state index is 0.356. The summed E-state index contributed by atoms with van der Waals surface area (Å²) in [6.07, 6.45) is 1.65. The summed E-state index contributed by atoms with van der Waals surface area (Å²) in [5.74, 6) is 2.28. The zero-order valence-corrected chi connectivity index (χ0v) is 12.0. The fourth-order valence-electron chi connectivity index (χ4n) is 1.81. The molecule has 0 saturated carbocycles. The molecule has 0 atom stereocenters. The molecule has 21 heavy (non-hydrogen) atoms. The summed E-state index contributed by atoms with van der Waals surface area (Å²) in [4.78, 5) is 8.45. The number of aryl methyl sites for hydroxylation is 1. The molecule has 1 aromatic carbocycles. The van der Waals surface area contributed by atoms with Crippen LogP contribution in [0.2, 0.25) is 0 Å². The Bertz CT molecular complexity index is 680. The van der Waals surface area contributed by atoms with Crippen LogP contribution in [-0.2, 0) is 6.42 Å². The van der Waals surface area contributed by atoms with Crippen molar-refractivity contribution in [1.29, 1.82) is 5.26 Å². The molecule has 0 amide bonds. The third-order valence-electron chi connectivity index (χ3n) is 2.75. The normalized spacial score (nSPS) is 9.95. The first-order valence-corrected chi connectivity index (χ1v) is 6.55. The van der Waals surface area contributed by atoms with Crippen molar-refractivity contribution in [3.63, 3.8) is 0 Å². The van der Waals surface area contributed by atoms with E-state index in [0.717, 1.165) is 12.8 Å². The number of nitrogens with zero attached hydrogens (tertiary/aromatic N) is 3. The molecule has 6 nitrogen and oxygen atoms in total. The SMILES string of the molecule is CCCc1nc(N)cc(Oc2ccc(C#N)cc2OC)n1. The van der Waals surface area contributed by atoms with Gasteiger partial charge in [-0.15, -0.1) is 0 Å². The number of ether oxygens (including phenoxy) is 2. The number of hydrogen-bond donors (Lipinski definition) is 1. The molecule has 0 unspecified atom stereocenters. The van der Waals surface area contributed by atoms with E-state index in [9.17, 15) is 0 Å². The van der Waals surface area contributed by atoms with Gasteiger partial charge in [-0.1, -0.05) is 6.92 Å². The molecule has 1 aromatic heterocycles. The van der Waals surface area contributed by atoms with Gasteiger partial charge in [0, 0.05) is 18.6 Å². The van der Waals surface area contributed by atoms with Crippen molar-refractivity contribution in [2.45, 2.75) is 19.8 Å². The second-order valence-electron chi connectivity index (χ2n) is 4.38. The van der Waals surface area contributed by atoms with E-state index in [1.807, 2.05) is 13.0 Å². The van der Waals surface area contributed by atoms with E-state index in [0.29, 0.717) is 34.6 Å². The summed E-state index contributed by atoms with van der Waals surface area (Å²) in [6, 6.07) is 8.51. The maximum absolute atomic E-state index is 8.89. The molecule has 6 heteroatoms. The Balaban J connectivity index is 2.31. The predicted octanol–water partition coefficient (Wildman–Crippen LogP) is 2.68. The van der Waals surface area contributed by atoms with Gasteiger partial charge in [0.1, 0.15) is 11.6 Å². The topological polar surface area (TPSA) is 94.1 Å². The Morgan fingerprint density at radius 1 is 1.24 bits per heavy atom. The second kappa shape index (κ2) is 6.57. The molecule has 2 rings (SSSR count). The molecule has 2 N–H and O–H groups in total. The van der Waals surface area contributed by atoms with E-state index < -0.39 is 0 Å². The molecule has 0 spiro atoms. The van der Waals surface area contributed by atoms with Gasteiger partial charge < -0.3 is 15.2 Å². The van der Waals surface area contributed by atoms with Crippen LogP contribution in [0.4, 0.5) is 5.82 Å². The lowest BCUT2D eigenvalue weighted by molar-refractivity contribution is 0.373. The van der Waals surface area contributed by atoms with Crippen LogP contribution >= 0.6 is 0 Å². The molecule has 1 heterocycles. The van der Waals surface area contributed by atoms with E-state index in [1.165, 1.54) is 7.11 Å². The number of hydrogen-bond acceptors (Lipinski definition) is 6. The van der Waals surface area contributed by atoms with Crippen LogP contribution in [0, 0.1) is 11.3 Å². The Kier molecular flexibility index (Phi) is 4.57. The van der Waals surface area contributed by atoms with E-state index in [4.69, 9.17) is 20.5 Å². The highest BCUT2D eigenvalue weighted by molar-refractivity contribution is 5.48.